The Morgan fingerprint density at radius 2 is 2.10 bits per heavy atom. The number of nitro groups is 1. The van der Waals surface area contributed by atoms with Crippen LogP contribution < -0.4 is 5.32 Å². The number of nitro benzene ring substituents is 1. The van der Waals surface area contributed by atoms with Crippen LogP contribution in [0.1, 0.15) is 12.2 Å². The maximum absolute atomic E-state index is 11.0. The number of nitrogens with one attached hydrogen (secondary N) is 2. The second kappa shape index (κ2) is 6.58. The second-order valence-corrected chi connectivity index (χ2v) is 4.92. The average molecular weight is 315 g/mol. The number of aromatic nitrogens is 2. The first kappa shape index (κ1) is 14.6. The van der Waals surface area contributed by atoms with Gasteiger partial charge in [0.05, 0.1) is 15.0 Å². The van der Waals surface area contributed by atoms with Crippen molar-refractivity contribution in [2.45, 2.75) is 12.8 Å². The Bertz CT molecular complexity index is 602. The molecule has 0 amide bonds. The van der Waals surface area contributed by atoms with Gasteiger partial charge in [-0.15, -0.1) is 0 Å². The van der Waals surface area contributed by atoms with E-state index in [1.807, 2.05) is 0 Å². The molecule has 8 heteroatoms. The van der Waals surface area contributed by atoms with E-state index in [9.17, 15) is 10.1 Å². The number of hydrogen-bond donors (Lipinski definition) is 2. The molecule has 0 unspecified atom stereocenters. The van der Waals surface area contributed by atoms with Crippen molar-refractivity contribution in [1.82, 2.24) is 9.97 Å². The highest BCUT2D eigenvalue weighted by Gasteiger charge is 2.16. The number of aryl methyl sites for hydroxylation is 1. The van der Waals surface area contributed by atoms with Gasteiger partial charge in [-0.1, -0.05) is 23.2 Å². The third-order valence-electron chi connectivity index (χ3n) is 2.70. The Morgan fingerprint density at radius 3 is 2.75 bits per heavy atom. The molecule has 1 aromatic carbocycles. The zero-order chi connectivity index (χ0) is 14.5. The summed E-state index contributed by atoms with van der Waals surface area (Å²) >= 11 is 11.7. The fraction of sp³-hybridized carbons (Fsp3) is 0.250. The Morgan fingerprint density at radius 1 is 1.35 bits per heavy atom. The number of halogens is 2. The lowest BCUT2D eigenvalue weighted by Crippen LogP contribution is -2.06. The molecular formula is C12H12Cl2N4O2. The molecule has 2 rings (SSSR count). The van der Waals surface area contributed by atoms with Crippen molar-refractivity contribution in [2.75, 3.05) is 11.9 Å². The van der Waals surface area contributed by atoms with Gasteiger partial charge in [0, 0.05) is 31.4 Å². The Hall–Kier alpha value is -1.79. The lowest BCUT2D eigenvalue weighted by atomic mass is 10.2. The molecule has 0 aliphatic rings. The zero-order valence-corrected chi connectivity index (χ0v) is 11.9. The third-order valence-corrected chi connectivity index (χ3v) is 3.42. The van der Waals surface area contributed by atoms with Gasteiger partial charge in [-0.25, -0.2) is 4.98 Å². The van der Waals surface area contributed by atoms with Gasteiger partial charge < -0.3 is 10.3 Å². The van der Waals surface area contributed by atoms with Crippen LogP contribution in [0.15, 0.2) is 24.5 Å². The molecule has 0 saturated carbocycles. The van der Waals surface area contributed by atoms with E-state index in [0.717, 1.165) is 18.7 Å². The van der Waals surface area contributed by atoms with Crippen molar-refractivity contribution in [3.05, 3.63) is 50.5 Å². The summed E-state index contributed by atoms with van der Waals surface area (Å²) in [6.07, 6.45) is 4.99. The summed E-state index contributed by atoms with van der Waals surface area (Å²) in [6.45, 7) is 0.569. The molecule has 2 aromatic rings. The molecule has 0 aliphatic carbocycles. The number of nitrogens with zero attached hydrogens (tertiary/aromatic N) is 2. The first-order valence-electron chi connectivity index (χ1n) is 5.93. The summed E-state index contributed by atoms with van der Waals surface area (Å²) in [5, 5.41) is 14.4. The molecule has 0 spiro atoms. The highest BCUT2D eigenvalue weighted by molar-refractivity contribution is 6.42. The van der Waals surface area contributed by atoms with Crippen LogP contribution in [0.2, 0.25) is 10.0 Å². The maximum Gasteiger partial charge on any atom is 0.293 e. The summed E-state index contributed by atoms with van der Waals surface area (Å²) in [5.41, 5.74) is 0.279. The molecule has 1 heterocycles. The minimum Gasteiger partial charge on any atom is -0.379 e. The van der Waals surface area contributed by atoms with Gasteiger partial charge in [-0.2, -0.15) is 0 Å². The average Bonchev–Trinajstić information content (AvgIpc) is 2.91. The van der Waals surface area contributed by atoms with E-state index in [2.05, 4.69) is 15.3 Å². The Balaban J connectivity index is 1.98. The zero-order valence-electron chi connectivity index (χ0n) is 10.4. The van der Waals surface area contributed by atoms with Gasteiger partial charge in [0.15, 0.2) is 0 Å². The van der Waals surface area contributed by atoms with E-state index >= 15 is 0 Å². The van der Waals surface area contributed by atoms with E-state index in [-0.39, 0.29) is 15.7 Å². The van der Waals surface area contributed by atoms with Crippen molar-refractivity contribution in [3.63, 3.8) is 0 Å². The molecule has 0 aliphatic heterocycles. The Labute approximate surface area is 125 Å². The molecule has 106 valence electrons. The molecule has 20 heavy (non-hydrogen) atoms. The summed E-state index contributed by atoms with van der Waals surface area (Å²) in [6, 6.07) is 2.72. The van der Waals surface area contributed by atoms with Crippen LogP contribution >= 0.6 is 23.2 Å². The fourth-order valence-electron chi connectivity index (χ4n) is 1.74. The van der Waals surface area contributed by atoms with Crippen LogP contribution in [-0.2, 0) is 6.42 Å². The second-order valence-electron chi connectivity index (χ2n) is 4.11. The minimum atomic E-state index is -0.489. The van der Waals surface area contributed by atoms with Crippen LogP contribution in [0.3, 0.4) is 0 Å². The third kappa shape index (κ3) is 3.61. The van der Waals surface area contributed by atoms with Crippen LogP contribution in [0.4, 0.5) is 11.4 Å². The monoisotopic (exact) mass is 314 g/mol. The van der Waals surface area contributed by atoms with Crippen molar-refractivity contribution >= 4 is 34.6 Å². The van der Waals surface area contributed by atoms with Crippen LogP contribution in [0.25, 0.3) is 0 Å². The van der Waals surface area contributed by atoms with Gasteiger partial charge >= 0.3 is 0 Å². The number of benzene rings is 1. The topological polar surface area (TPSA) is 83.8 Å². The molecule has 0 bridgehead atoms. The molecule has 0 fully saturated rings. The van der Waals surface area contributed by atoms with Gasteiger partial charge in [0.25, 0.3) is 5.69 Å². The number of imidazole rings is 1. The van der Waals surface area contributed by atoms with Crippen molar-refractivity contribution < 1.29 is 4.92 Å². The van der Waals surface area contributed by atoms with Crippen LogP contribution in [-0.4, -0.2) is 21.4 Å². The summed E-state index contributed by atoms with van der Waals surface area (Å²) in [4.78, 5) is 17.6. The maximum atomic E-state index is 11.0. The summed E-state index contributed by atoms with van der Waals surface area (Å²) < 4.78 is 0. The predicted molar refractivity (Wildman–Crippen MR) is 78.5 cm³/mol. The molecular weight excluding hydrogens is 303 g/mol. The van der Waals surface area contributed by atoms with Gasteiger partial charge in [-0.3, -0.25) is 10.1 Å². The normalized spacial score (nSPS) is 10.5. The lowest BCUT2D eigenvalue weighted by molar-refractivity contribution is -0.383. The number of aromatic amines is 1. The van der Waals surface area contributed by atoms with Crippen molar-refractivity contribution in [1.29, 1.82) is 0 Å². The van der Waals surface area contributed by atoms with Crippen molar-refractivity contribution in [2.24, 2.45) is 0 Å². The van der Waals surface area contributed by atoms with E-state index in [4.69, 9.17) is 23.2 Å². The first-order valence-corrected chi connectivity index (χ1v) is 6.69. The van der Waals surface area contributed by atoms with Crippen molar-refractivity contribution in [3.8, 4) is 0 Å². The van der Waals surface area contributed by atoms with Gasteiger partial charge in [-0.05, 0) is 12.5 Å². The molecule has 0 atom stereocenters. The van der Waals surface area contributed by atoms with Gasteiger partial charge in [0.2, 0.25) is 0 Å². The van der Waals surface area contributed by atoms with E-state index in [0.29, 0.717) is 12.2 Å². The standard InChI is InChI=1S/C12H12Cl2N4O2/c13-8-6-10(11(18(19)20)7-9(8)14)15-3-1-2-12-16-4-5-17-12/h4-7,15H,1-3H2,(H,16,17). The molecule has 0 saturated heterocycles. The van der Waals surface area contributed by atoms with Crippen LogP contribution in [0.5, 0.6) is 0 Å². The fourth-order valence-corrected chi connectivity index (χ4v) is 2.06. The number of H-pyrrole nitrogens is 1. The Kier molecular flexibility index (Phi) is 4.81. The molecule has 2 N–H and O–H groups in total. The predicted octanol–water partition coefficient (Wildman–Crippen LogP) is 3.67. The summed E-state index contributed by atoms with van der Waals surface area (Å²) in [7, 11) is 0. The summed E-state index contributed by atoms with van der Waals surface area (Å²) in [5.74, 6) is 0.885. The largest absolute Gasteiger partial charge is 0.379 e. The number of hydrogen-bond acceptors (Lipinski definition) is 4. The van der Waals surface area contributed by atoms with Crippen LogP contribution in [0, 0.1) is 10.1 Å². The smallest absolute Gasteiger partial charge is 0.293 e. The SMILES string of the molecule is O=[N+]([O-])c1cc(Cl)c(Cl)cc1NCCCc1ncc[nH]1. The molecule has 1 aromatic heterocycles. The number of rotatable bonds is 6. The molecule has 6 nitrogen and oxygen atoms in total. The van der Waals surface area contributed by atoms with E-state index in [1.165, 1.54) is 12.1 Å². The molecule has 0 radical (unpaired) electrons. The van der Waals surface area contributed by atoms with Gasteiger partial charge in [0.1, 0.15) is 11.5 Å². The van der Waals surface area contributed by atoms with E-state index < -0.39 is 4.92 Å². The minimum absolute atomic E-state index is 0.0857. The highest BCUT2D eigenvalue weighted by Crippen LogP contribution is 2.33. The lowest BCUT2D eigenvalue weighted by Gasteiger charge is -2.08. The number of anilines is 1. The quantitative estimate of drug-likeness (QED) is 0.484. The van der Waals surface area contributed by atoms with E-state index in [1.54, 1.807) is 12.4 Å². The highest BCUT2D eigenvalue weighted by atomic mass is 35.5. The first-order chi connectivity index (χ1) is 9.58.